The van der Waals surface area contributed by atoms with Gasteiger partial charge in [0.15, 0.2) is 5.79 Å². The minimum Gasteiger partial charge on any atom is -0.460 e. The number of esters is 1. The Hall–Kier alpha value is -0.870. The molecule has 0 heterocycles. The first-order valence-corrected chi connectivity index (χ1v) is 6.70. The smallest absolute Gasteiger partial charge is 0.333 e. The number of hydrogen-bond donors (Lipinski definition) is 0. The maximum Gasteiger partial charge on any atom is 0.333 e. The average molecular weight is 256 g/mol. The van der Waals surface area contributed by atoms with Crippen molar-refractivity contribution >= 4 is 5.97 Å². The maximum atomic E-state index is 11.2. The van der Waals surface area contributed by atoms with Gasteiger partial charge in [-0.15, -0.1) is 0 Å². The second-order valence-electron chi connectivity index (χ2n) is 4.73. The summed E-state index contributed by atoms with van der Waals surface area (Å²) in [5.41, 5.74) is 0.410. The van der Waals surface area contributed by atoms with Gasteiger partial charge in [-0.2, -0.15) is 0 Å². The molecular formula is C14H24O4. The summed E-state index contributed by atoms with van der Waals surface area (Å²) in [7, 11) is 0. The molecule has 18 heavy (non-hydrogen) atoms. The molecule has 0 amide bonds. The van der Waals surface area contributed by atoms with E-state index < -0.39 is 5.79 Å². The topological polar surface area (TPSA) is 44.8 Å². The predicted octanol–water partition coefficient (Wildman–Crippen LogP) is 2.82. The molecule has 0 aliphatic heterocycles. The van der Waals surface area contributed by atoms with Crippen molar-refractivity contribution in [1.29, 1.82) is 0 Å². The van der Waals surface area contributed by atoms with Crippen molar-refractivity contribution in [3.05, 3.63) is 12.2 Å². The second-order valence-corrected chi connectivity index (χ2v) is 4.73. The Labute approximate surface area is 109 Å². The van der Waals surface area contributed by atoms with Gasteiger partial charge in [0.2, 0.25) is 0 Å². The molecule has 1 rings (SSSR count). The fourth-order valence-electron chi connectivity index (χ4n) is 2.02. The van der Waals surface area contributed by atoms with E-state index in [1.807, 2.05) is 0 Å². The number of carbonyl (C=O) groups excluding carboxylic acids is 1. The first-order valence-electron chi connectivity index (χ1n) is 6.70. The monoisotopic (exact) mass is 256 g/mol. The molecule has 0 atom stereocenters. The third-order valence-electron chi connectivity index (χ3n) is 2.96. The van der Waals surface area contributed by atoms with Crippen LogP contribution in [0.2, 0.25) is 0 Å². The molecule has 0 unspecified atom stereocenters. The summed E-state index contributed by atoms with van der Waals surface area (Å²) in [5, 5.41) is 0. The Morgan fingerprint density at radius 2 is 1.78 bits per heavy atom. The van der Waals surface area contributed by atoms with Gasteiger partial charge in [-0.05, 0) is 26.2 Å². The zero-order chi connectivity index (χ0) is 13.4. The normalized spacial score (nSPS) is 17.7. The van der Waals surface area contributed by atoms with Crippen molar-refractivity contribution in [2.75, 3.05) is 19.8 Å². The molecule has 0 saturated heterocycles. The van der Waals surface area contributed by atoms with Crippen LogP contribution in [-0.4, -0.2) is 31.6 Å². The van der Waals surface area contributed by atoms with E-state index in [9.17, 15) is 4.79 Å². The van der Waals surface area contributed by atoms with Crippen LogP contribution in [0.4, 0.5) is 0 Å². The van der Waals surface area contributed by atoms with Crippen LogP contribution in [0.15, 0.2) is 12.2 Å². The summed E-state index contributed by atoms with van der Waals surface area (Å²) in [5.74, 6) is -0.806. The average Bonchev–Trinajstić information content (AvgIpc) is 2.81. The van der Waals surface area contributed by atoms with Gasteiger partial charge in [-0.3, -0.25) is 0 Å². The molecule has 4 nitrogen and oxygen atoms in total. The lowest BCUT2D eigenvalue weighted by molar-refractivity contribution is -0.236. The first kappa shape index (κ1) is 15.2. The summed E-state index contributed by atoms with van der Waals surface area (Å²) < 4.78 is 16.6. The zero-order valence-corrected chi connectivity index (χ0v) is 11.5. The highest BCUT2D eigenvalue weighted by molar-refractivity contribution is 5.86. The van der Waals surface area contributed by atoms with Gasteiger partial charge < -0.3 is 14.2 Å². The highest BCUT2D eigenvalue weighted by Gasteiger charge is 2.35. The highest BCUT2D eigenvalue weighted by atomic mass is 16.7. The Morgan fingerprint density at radius 1 is 1.17 bits per heavy atom. The lowest BCUT2D eigenvalue weighted by atomic mass is 10.2. The van der Waals surface area contributed by atoms with Crippen LogP contribution < -0.4 is 0 Å². The summed E-state index contributed by atoms with van der Waals surface area (Å²) in [6.07, 6.45) is 5.11. The number of ether oxygens (including phenoxy) is 3. The van der Waals surface area contributed by atoms with E-state index in [4.69, 9.17) is 14.2 Å². The zero-order valence-electron chi connectivity index (χ0n) is 11.5. The minimum atomic E-state index is -0.439. The predicted molar refractivity (Wildman–Crippen MR) is 69.2 cm³/mol. The number of carbonyl (C=O) groups is 1. The van der Waals surface area contributed by atoms with Crippen molar-refractivity contribution < 1.29 is 19.0 Å². The van der Waals surface area contributed by atoms with Crippen molar-refractivity contribution in [2.45, 2.75) is 51.7 Å². The Bertz CT molecular complexity index is 280. The molecule has 104 valence electrons. The first-order chi connectivity index (χ1) is 8.59. The third-order valence-corrected chi connectivity index (χ3v) is 2.96. The van der Waals surface area contributed by atoms with Crippen molar-refractivity contribution in [3.63, 3.8) is 0 Å². The number of hydrogen-bond acceptors (Lipinski definition) is 4. The van der Waals surface area contributed by atoms with Gasteiger partial charge in [0, 0.05) is 25.0 Å². The fourth-order valence-corrected chi connectivity index (χ4v) is 2.02. The third kappa shape index (κ3) is 4.78. The molecule has 4 heteroatoms. The van der Waals surface area contributed by atoms with E-state index in [1.165, 1.54) is 0 Å². The maximum absolute atomic E-state index is 11.2. The van der Waals surface area contributed by atoms with Crippen LogP contribution in [0.25, 0.3) is 0 Å². The van der Waals surface area contributed by atoms with Crippen LogP contribution in [0, 0.1) is 0 Å². The molecule has 1 saturated carbocycles. The van der Waals surface area contributed by atoms with Crippen molar-refractivity contribution in [2.24, 2.45) is 0 Å². The van der Waals surface area contributed by atoms with E-state index in [-0.39, 0.29) is 12.6 Å². The SMILES string of the molecule is C=C(C)C(=O)OCCOC1(OCCC)CCCC1. The molecule has 1 fully saturated rings. The Kier molecular flexibility index (Phi) is 6.36. The van der Waals surface area contributed by atoms with Gasteiger partial charge in [-0.1, -0.05) is 13.5 Å². The van der Waals surface area contributed by atoms with Crippen molar-refractivity contribution in [3.8, 4) is 0 Å². The second kappa shape index (κ2) is 7.54. The summed E-state index contributed by atoms with van der Waals surface area (Å²) in [4.78, 5) is 11.2. The van der Waals surface area contributed by atoms with Crippen LogP contribution in [0.5, 0.6) is 0 Å². The molecule has 0 aromatic heterocycles. The lowest BCUT2D eigenvalue weighted by Gasteiger charge is -2.29. The molecule has 1 aliphatic rings. The van der Waals surface area contributed by atoms with E-state index in [1.54, 1.807) is 6.92 Å². The van der Waals surface area contributed by atoms with Gasteiger partial charge in [-0.25, -0.2) is 4.79 Å². The van der Waals surface area contributed by atoms with Gasteiger partial charge >= 0.3 is 5.97 Å². The molecular weight excluding hydrogens is 232 g/mol. The molecule has 0 aromatic rings. The van der Waals surface area contributed by atoms with E-state index in [0.29, 0.717) is 18.8 Å². The number of rotatable bonds is 8. The molecule has 0 N–H and O–H groups in total. The highest BCUT2D eigenvalue weighted by Crippen LogP contribution is 2.34. The summed E-state index contributed by atoms with van der Waals surface area (Å²) in [6.45, 7) is 8.58. The van der Waals surface area contributed by atoms with E-state index in [2.05, 4.69) is 13.5 Å². The van der Waals surface area contributed by atoms with Gasteiger partial charge in [0.25, 0.3) is 0 Å². The largest absolute Gasteiger partial charge is 0.460 e. The van der Waals surface area contributed by atoms with Gasteiger partial charge in [0.05, 0.1) is 6.61 Å². The Balaban J connectivity index is 2.26. The van der Waals surface area contributed by atoms with Crippen LogP contribution in [0.1, 0.15) is 46.0 Å². The molecule has 0 radical (unpaired) electrons. The van der Waals surface area contributed by atoms with Gasteiger partial charge in [0.1, 0.15) is 6.61 Å². The fraction of sp³-hybridized carbons (Fsp3) is 0.786. The van der Waals surface area contributed by atoms with E-state index in [0.717, 1.165) is 32.1 Å². The standard InChI is InChI=1S/C14H24O4/c1-4-9-17-14(7-5-6-8-14)18-11-10-16-13(15)12(2)3/h2,4-11H2,1,3H3. The Morgan fingerprint density at radius 3 is 2.33 bits per heavy atom. The molecule has 0 aromatic carbocycles. The van der Waals surface area contributed by atoms with Crippen LogP contribution in [0.3, 0.4) is 0 Å². The van der Waals surface area contributed by atoms with Crippen molar-refractivity contribution in [1.82, 2.24) is 0 Å². The van der Waals surface area contributed by atoms with E-state index >= 15 is 0 Å². The van der Waals surface area contributed by atoms with Crippen LogP contribution >= 0.6 is 0 Å². The summed E-state index contributed by atoms with van der Waals surface area (Å²) >= 11 is 0. The quantitative estimate of drug-likeness (QED) is 0.290. The molecule has 1 aliphatic carbocycles. The minimum absolute atomic E-state index is 0.253. The summed E-state index contributed by atoms with van der Waals surface area (Å²) in [6, 6.07) is 0. The molecule has 0 bridgehead atoms. The molecule has 0 spiro atoms. The lowest BCUT2D eigenvalue weighted by Crippen LogP contribution is -2.34. The van der Waals surface area contributed by atoms with Crippen LogP contribution in [-0.2, 0) is 19.0 Å².